The van der Waals surface area contributed by atoms with E-state index in [2.05, 4.69) is 13.8 Å². The highest BCUT2D eigenvalue weighted by molar-refractivity contribution is 5.92. The smallest absolute Gasteiger partial charge is 0.303 e. The summed E-state index contributed by atoms with van der Waals surface area (Å²) in [6.45, 7) is 9.56. The first-order chi connectivity index (χ1) is 14.9. The molecule has 0 amide bonds. The van der Waals surface area contributed by atoms with Crippen molar-refractivity contribution >= 4 is 11.8 Å². The van der Waals surface area contributed by atoms with E-state index in [1.807, 2.05) is 13.8 Å². The Morgan fingerprint density at radius 2 is 1.75 bits per heavy atom. The van der Waals surface area contributed by atoms with Crippen LogP contribution >= 0.6 is 0 Å². The Labute approximate surface area is 191 Å². The van der Waals surface area contributed by atoms with Crippen molar-refractivity contribution in [2.24, 2.45) is 34.5 Å². The molecular weight excluding hydrogens is 408 g/mol. The standard InChI is InChI=1S/C26H40O6/c1-15(27)30-14-21(29)26-22(31-23(2,3)32-26)13-20-18-7-6-16-12-17(28)8-10-24(16,4)19(18)9-11-25(20,26)5/h16-20,22,28H,6-14H2,1-5H3/t16-,17-,18-,19+,20+,22-,24+,25+,26-/m1/s1. The lowest BCUT2D eigenvalue weighted by atomic mass is 9.44. The van der Waals surface area contributed by atoms with Gasteiger partial charge in [-0.05, 0) is 94.3 Å². The van der Waals surface area contributed by atoms with E-state index in [4.69, 9.17) is 14.2 Å². The second kappa shape index (κ2) is 7.26. The molecule has 4 saturated carbocycles. The molecule has 0 radical (unpaired) electrons. The Morgan fingerprint density at radius 1 is 1.00 bits per heavy atom. The van der Waals surface area contributed by atoms with E-state index in [1.54, 1.807) is 0 Å². The predicted octanol–water partition coefficient (Wildman–Crippen LogP) is 4.02. The Morgan fingerprint density at radius 3 is 2.47 bits per heavy atom. The zero-order chi connectivity index (χ0) is 23.1. The van der Waals surface area contributed by atoms with E-state index in [0.29, 0.717) is 23.7 Å². The second-order valence-electron chi connectivity index (χ2n) is 12.3. The number of ketones is 1. The number of rotatable bonds is 3. The first-order valence-electron chi connectivity index (χ1n) is 12.7. The summed E-state index contributed by atoms with van der Waals surface area (Å²) in [7, 11) is 0. The highest BCUT2D eigenvalue weighted by Gasteiger charge is 2.76. The predicted molar refractivity (Wildman–Crippen MR) is 118 cm³/mol. The number of esters is 1. The fourth-order valence-electron chi connectivity index (χ4n) is 9.11. The van der Waals surface area contributed by atoms with Gasteiger partial charge in [-0.3, -0.25) is 9.59 Å². The molecule has 5 fully saturated rings. The maximum atomic E-state index is 13.7. The largest absolute Gasteiger partial charge is 0.458 e. The van der Waals surface area contributed by atoms with E-state index in [0.717, 1.165) is 51.4 Å². The lowest BCUT2D eigenvalue weighted by Crippen LogP contribution is -2.62. The minimum Gasteiger partial charge on any atom is -0.458 e. The van der Waals surface area contributed by atoms with Gasteiger partial charge >= 0.3 is 5.97 Å². The SMILES string of the molecule is CC(=O)OCC(=O)[C@@]12OC(C)(C)O[C@@H]1C[C@H]1[C@@H]3CC[C@@H]4C[C@H](O)CC[C@]4(C)[C@H]3CC[C@@]12C. The molecule has 0 aromatic carbocycles. The van der Waals surface area contributed by atoms with E-state index in [-0.39, 0.29) is 35.4 Å². The number of carbonyl (C=O) groups is 2. The maximum absolute atomic E-state index is 13.7. The van der Waals surface area contributed by atoms with Crippen molar-refractivity contribution in [3.8, 4) is 0 Å². The third-order valence-electron chi connectivity index (χ3n) is 10.5. The van der Waals surface area contributed by atoms with Crippen molar-refractivity contribution in [3.05, 3.63) is 0 Å². The van der Waals surface area contributed by atoms with Crippen LogP contribution in [-0.2, 0) is 23.8 Å². The molecule has 1 saturated heterocycles. The molecule has 32 heavy (non-hydrogen) atoms. The van der Waals surface area contributed by atoms with Gasteiger partial charge in [0.15, 0.2) is 18.0 Å². The van der Waals surface area contributed by atoms with Gasteiger partial charge in [-0.2, -0.15) is 0 Å². The van der Waals surface area contributed by atoms with Crippen LogP contribution in [0, 0.1) is 34.5 Å². The average Bonchev–Trinajstić information content (AvgIpc) is 3.12. The van der Waals surface area contributed by atoms with Crippen molar-refractivity contribution in [2.45, 2.75) is 110 Å². The lowest BCUT2D eigenvalue weighted by Gasteiger charge is -2.61. The zero-order valence-electron chi connectivity index (χ0n) is 20.3. The van der Waals surface area contributed by atoms with E-state index >= 15 is 0 Å². The molecule has 9 atom stereocenters. The molecule has 4 aliphatic carbocycles. The van der Waals surface area contributed by atoms with Gasteiger partial charge in [-0.1, -0.05) is 13.8 Å². The Balaban J connectivity index is 1.48. The summed E-state index contributed by atoms with van der Waals surface area (Å²) in [6, 6.07) is 0. The van der Waals surface area contributed by atoms with Crippen LogP contribution in [0.3, 0.4) is 0 Å². The summed E-state index contributed by atoms with van der Waals surface area (Å²) in [5, 5.41) is 10.3. The lowest BCUT2D eigenvalue weighted by molar-refractivity contribution is -0.221. The molecule has 1 N–H and O–H groups in total. The molecular formula is C26H40O6. The minimum atomic E-state index is -1.05. The number of ether oxygens (including phenoxy) is 3. The first kappa shape index (κ1) is 22.8. The number of carbonyl (C=O) groups excluding carboxylic acids is 2. The molecule has 5 aliphatic rings. The molecule has 6 nitrogen and oxygen atoms in total. The highest BCUT2D eigenvalue weighted by Crippen LogP contribution is 2.71. The van der Waals surface area contributed by atoms with Gasteiger partial charge in [-0.25, -0.2) is 0 Å². The summed E-state index contributed by atoms with van der Waals surface area (Å²) >= 11 is 0. The van der Waals surface area contributed by atoms with E-state index in [9.17, 15) is 14.7 Å². The molecule has 0 spiro atoms. The van der Waals surface area contributed by atoms with Crippen molar-refractivity contribution in [2.75, 3.05) is 6.61 Å². The van der Waals surface area contributed by atoms with E-state index in [1.165, 1.54) is 6.92 Å². The Hall–Kier alpha value is -0.980. The van der Waals surface area contributed by atoms with Crippen molar-refractivity contribution in [1.82, 2.24) is 0 Å². The fourth-order valence-corrected chi connectivity index (χ4v) is 9.11. The summed E-state index contributed by atoms with van der Waals surface area (Å²) in [4.78, 5) is 25.1. The monoisotopic (exact) mass is 448 g/mol. The quantitative estimate of drug-likeness (QED) is 0.657. The summed E-state index contributed by atoms with van der Waals surface area (Å²) in [6.07, 6.45) is 7.66. The molecule has 5 rings (SSSR count). The molecule has 180 valence electrons. The first-order valence-corrected chi connectivity index (χ1v) is 12.7. The number of fused-ring (bicyclic) bond motifs is 7. The number of aliphatic hydroxyl groups excluding tert-OH is 1. The molecule has 0 bridgehead atoms. The van der Waals surface area contributed by atoms with Crippen LogP contribution in [0.2, 0.25) is 0 Å². The van der Waals surface area contributed by atoms with Crippen LogP contribution in [-0.4, -0.2) is 47.1 Å². The van der Waals surface area contributed by atoms with Gasteiger partial charge in [0, 0.05) is 12.3 Å². The van der Waals surface area contributed by atoms with Crippen LogP contribution in [0.25, 0.3) is 0 Å². The molecule has 1 heterocycles. The number of Topliss-reactive ketones (excluding diaryl/α,β-unsaturated/α-hetero) is 1. The molecule has 1 aliphatic heterocycles. The fraction of sp³-hybridized carbons (Fsp3) is 0.923. The number of aliphatic hydroxyl groups is 1. The molecule has 0 unspecified atom stereocenters. The second-order valence-corrected chi connectivity index (χ2v) is 12.3. The normalized spacial score (nSPS) is 51.2. The van der Waals surface area contributed by atoms with Gasteiger partial charge in [0.25, 0.3) is 0 Å². The van der Waals surface area contributed by atoms with Gasteiger partial charge in [0.1, 0.15) is 0 Å². The van der Waals surface area contributed by atoms with Gasteiger partial charge in [0.05, 0.1) is 12.2 Å². The van der Waals surface area contributed by atoms with Crippen molar-refractivity contribution in [1.29, 1.82) is 0 Å². The van der Waals surface area contributed by atoms with Crippen LogP contribution in [0.4, 0.5) is 0 Å². The highest BCUT2D eigenvalue weighted by atomic mass is 16.8. The van der Waals surface area contributed by atoms with Crippen molar-refractivity contribution < 1.29 is 28.9 Å². The molecule has 0 aromatic rings. The van der Waals surface area contributed by atoms with Gasteiger partial charge in [-0.15, -0.1) is 0 Å². The van der Waals surface area contributed by atoms with Gasteiger partial charge in [0.2, 0.25) is 5.78 Å². The van der Waals surface area contributed by atoms with Crippen LogP contribution in [0.5, 0.6) is 0 Å². The Bertz CT molecular complexity index is 808. The minimum absolute atomic E-state index is 0.143. The average molecular weight is 449 g/mol. The summed E-state index contributed by atoms with van der Waals surface area (Å²) < 4.78 is 18.1. The van der Waals surface area contributed by atoms with Crippen molar-refractivity contribution in [3.63, 3.8) is 0 Å². The molecule has 0 aromatic heterocycles. The van der Waals surface area contributed by atoms with Crippen LogP contribution < -0.4 is 0 Å². The number of hydrogen-bond acceptors (Lipinski definition) is 6. The zero-order valence-corrected chi connectivity index (χ0v) is 20.3. The maximum Gasteiger partial charge on any atom is 0.303 e. The van der Waals surface area contributed by atoms with Gasteiger partial charge < -0.3 is 19.3 Å². The summed E-state index contributed by atoms with van der Waals surface area (Å²) in [5.41, 5.74) is -1.11. The van der Waals surface area contributed by atoms with Crippen LogP contribution in [0.1, 0.15) is 86.0 Å². The van der Waals surface area contributed by atoms with E-state index < -0.39 is 17.4 Å². The summed E-state index contributed by atoms with van der Waals surface area (Å²) in [5.74, 6) is 0.705. The number of hydrogen-bond donors (Lipinski definition) is 1. The Kier molecular flexibility index (Phi) is 5.17. The van der Waals surface area contributed by atoms with Crippen LogP contribution in [0.15, 0.2) is 0 Å². The third kappa shape index (κ3) is 3.01. The molecule has 6 heteroatoms. The third-order valence-corrected chi connectivity index (χ3v) is 10.5. The topological polar surface area (TPSA) is 82.1 Å².